The fourth-order valence-electron chi connectivity index (χ4n) is 4.71. The Hall–Kier alpha value is -2.12. The maximum Gasteiger partial charge on any atom is 0.416 e. The Morgan fingerprint density at radius 3 is 2.42 bits per heavy atom. The fourth-order valence-corrected chi connectivity index (χ4v) is 5.53. The Morgan fingerprint density at radius 1 is 1.14 bits per heavy atom. The molecular weight excluding hydrogens is 514 g/mol. The molecule has 1 heterocycles. The third-order valence-electron chi connectivity index (χ3n) is 6.26. The molecule has 13 heteroatoms. The number of carbonyl (C=O) groups is 1. The number of halogens is 6. The van der Waals surface area contributed by atoms with Crippen LogP contribution in [-0.2, 0) is 25.7 Å². The van der Waals surface area contributed by atoms with Gasteiger partial charge in [-0.05, 0) is 49.3 Å². The number of likely N-dealkylation sites (tertiary alicyclic amines) is 1. The molecule has 1 fully saturated rings. The summed E-state index contributed by atoms with van der Waals surface area (Å²) in [6, 6.07) is 3.50. The molecule has 6 nitrogen and oxygen atoms in total. The number of allylic oxidation sites excluding steroid dienone is 1. The number of rotatable bonds is 7. The van der Waals surface area contributed by atoms with E-state index in [1.807, 2.05) is 0 Å². The number of carbonyl (C=O) groups excluding carboxylic acids is 1. The van der Waals surface area contributed by atoms with Crippen LogP contribution < -0.4 is 4.72 Å². The molecule has 1 amide bonds. The molecule has 0 spiro atoms. The van der Waals surface area contributed by atoms with E-state index in [4.69, 9.17) is 4.74 Å². The highest BCUT2D eigenvalue weighted by Gasteiger charge is 2.41. The minimum atomic E-state index is -4.71. The van der Waals surface area contributed by atoms with E-state index in [2.05, 4.69) is 4.72 Å². The number of hydrogen-bond donors (Lipinski definition) is 1. The molecule has 36 heavy (non-hydrogen) atoms. The number of sulfonamides is 1. The standard InChI is InChI=1S/C23H28F6N2O4S/c1-36(33,34)30-19-7-4-12-31(21(32)13-22(24,25)26)20(19)14-35-16-10-8-15(9-11-16)17-5-2-3-6-18(17)23(27,28)29/h2-3,5-6,8,16,19-20,30H,4,7,9-14H2,1H3. The van der Waals surface area contributed by atoms with E-state index in [0.717, 1.165) is 17.2 Å². The Kier molecular flexibility index (Phi) is 8.77. The van der Waals surface area contributed by atoms with Crippen LogP contribution in [0.5, 0.6) is 0 Å². The van der Waals surface area contributed by atoms with Gasteiger partial charge in [-0.15, -0.1) is 0 Å². The maximum atomic E-state index is 13.4. The number of ether oxygens (including phenoxy) is 1. The van der Waals surface area contributed by atoms with E-state index in [0.29, 0.717) is 31.3 Å². The van der Waals surface area contributed by atoms with Gasteiger partial charge in [-0.25, -0.2) is 13.1 Å². The predicted octanol–water partition coefficient (Wildman–Crippen LogP) is 4.52. The van der Waals surface area contributed by atoms with Crippen LogP contribution in [-0.4, -0.2) is 63.0 Å². The first-order valence-electron chi connectivity index (χ1n) is 11.4. The molecule has 0 bridgehead atoms. The van der Waals surface area contributed by atoms with Gasteiger partial charge < -0.3 is 9.64 Å². The first kappa shape index (κ1) is 28.5. The smallest absolute Gasteiger partial charge is 0.376 e. The molecule has 1 aliphatic heterocycles. The molecule has 3 rings (SSSR count). The molecule has 1 aliphatic carbocycles. The molecule has 1 N–H and O–H groups in total. The SMILES string of the molecule is CS(=O)(=O)NC1CCCN(C(=O)CC(F)(F)F)C1COC1CC=C(c2ccccc2C(F)(F)F)CC1. The average molecular weight is 543 g/mol. The van der Waals surface area contributed by atoms with Crippen molar-refractivity contribution in [2.24, 2.45) is 0 Å². The van der Waals surface area contributed by atoms with Crippen LogP contribution in [0.4, 0.5) is 26.3 Å². The van der Waals surface area contributed by atoms with Crippen LogP contribution in [0.3, 0.4) is 0 Å². The van der Waals surface area contributed by atoms with Crippen molar-refractivity contribution in [1.29, 1.82) is 0 Å². The van der Waals surface area contributed by atoms with Gasteiger partial charge in [-0.2, -0.15) is 26.3 Å². The molecule has 3 atom stereocenters. The lowest BCUT2D eigenvalue weighted by Crippen LogP contribution is -2.59. The lowest BCUT2D eigenvalue weighted by Gasteiger charge is -2.42. The molecule has 1 aromatic carbocycles. The van der Waals surface area contributed by atoms with Gasteiger partial charge in [0.05, 0.1) is 30.6 Å². The van der Waals surface area contributed by atoms with Crippen LogP contribution in [0, 0.1) is 0 Å². The first-order valence-corrected chi connectivity index (χ1v) is 13.3. The van der Waals surface area contributed by atoms with Crippen molar-refractivity contribution in [3.8, 4) is 0 Å². The minimum absolute atomic E-state index is 0.0355. The molecule has 0 saturated carbocycles. The van der Waals surface area contributed by atoms with E-state index in [9.17, 15) is 39.6 Å². The summed E-state index contributed by atoms with van der Waals surface area (Å²) in [5.41, 5.74) is -0.109. The summed E-state index contributed by atoms with van der Waals surface area (Å²) >= 11 is 0. The van der Waals surface area contributed by atoms with Gasteiger partial charge in [-0.3, -0.25) is 4.79 Å². The quantitative estimate of drug-likeness (QED) is 0.515. The summed E-state index contributed by atoms with van der Waals surface area (Å²) in [4.78, 5) is 13.4. The third-order valence-corrected chi connectivity index (χ3v) is 6.99. The Labute approximate surface area is 205 Å². The summed E-state index contributed by atoms with van der Waals surface area (Å²) in [5.74, 6) is -1.16. The monoisotopic (exact) mass is 542 g/mol. The lowest BCUT2D eigenvalue weighted by atomic mass is 9.89. The summed E-state index contributed by atoms with van der Waals surface area (Å²) in [5, 5.41) is 0. The molecule has 2 aliphatic rings. The molecular formula is C23H28F6N2O4S. The number of nitrogens with zero attached hydrogens (tertiary/aromatic N) is 1. The number of piperidine rings is 1. The largest absolute Gasteiger partial charge is 0.416 e. The zero-order valence-corrected chi connectivity index (χ0v) is 20.3. The second-order valence-corrected chi connectivity index (χ2v) is 10.9. The molecule has 3 unspecified atom stereocenters. The van der Waals surface area contributed by atoms with Crippen LogP contribution in [0.1, 0.15) is 49.7 Å². The maximum absolute atomic E-state index is 13.4. The van der Waals surface area contributed by atoms with Gasteiger partial charge in [0.2, 0.25) is 15.9 Å². The number of hydrogen-bond acceptors (Lipinski definition) is 4. The zero-order valence-electron chi connectivity index (χ0n) is 19.5. The van der Waals surface area contributed by atoms with Crippen molar-refractivity contribution in [3.05, 3.63) is 41.5 Å². The van der Waals surface area contributed by atoms with Gasteiger partial charge in [-0.1, -0.05) is 24.3 Å². The highest BCUT2D eigenvalue weighted by Crippen LogP contribution is 2.38. The van der Waals surface area contributed by atoms with Crippen molar-refractivity contribution in [3.63, 3.8) is 0 Å². The average Bonchev–Trinajstić information content (AvgIpc) is 2.75. The number of amides is 1. The van der Waals surface area contributed by atoms with Gasteiger partial charge in [0.15, 0.2) is 0 Å². The van der Waals surface area contributed by atoms with Gasteiger partial charge in [0, 0.05) is 12.6 Å². The topological polar surface area (TPSA) is 75.7 Å². The summed E-state index contributed by atoms with van der Waals surface area (Å²) < 4.78 is 110. The zero-order chi connectivity index (χ0) is 26.7. The van der Waals surface area contributed by atoms with Crippen LogP contribution in [0.15, 0.2) is 30.3 Å². The van der Waals surface area contributed by atoms with Gasteiger partial charge in [0.25, 0.3) is 0 Å². The normalized spacial score (nSPS) is 23.9. The van der Waals surface area contributed by atoms with E-state index in [1.54, 1.807) is 6.08 Å². The lowest BCUT2D eigenvalue weighted by molar-refractivity contribution is -0.166. The first-order chi connectivity index (χ1) is 16.6. The summed E-state index contributed by atoms with van der Waals surface area (Å²) in [6.07, 6.45) is -7.16. The van der Waals surface area contributed by atoms with E-state index < -0.39 is 58.5 Å². The number of nitrogens with one attached hydrogen (secondary N) is 1. The van der Waals surface area contributed by atoms with Crippen LogP contribution >= 0.6 is 0 Å². The highest BCUT2D eigenvalue weighted by molar-refractivity contribution is 7.88. The van der Waals surface area contributed by atoms with Crippen molar-refractivity contribution in [2.45, 2.75) is 69.1 Å². The summed E-state index contributed by atoms with van der Waals surface area (Å²) in [7, 11) is -3.71. The molecule has 202 valence electrons. The molecule has 0 radical (unpaired) electrons. The van der Waals surface area contributed by atoms with E-state index >= 15 is 0 Å². The van der Waals surface area contributed by atoms with Crippen molar-refractivity contribution in [2.75, 3.05) is 19.4 Å². The minimum Gasteiger partial charge on any atom is -0.376 e. The Balaban J connectivity index is 1.71. The molecule has 1 aromatic rings. The second-order valence-electron chi connectivity index (χ2n) is 9.09. The molecule has 1 saturated heterocycles. The third kappa shape index (κ3) is 7.94. The highest BCUT2D eigenvalue weighted by atomic mass is 32.2. The Morgan fingerprint density at radius 2 is 1.83 bits per heavy atom. The fraction of sp³-hybridized carbons (Fsp3) is 0.609. The summed E-state index contributed by atoms with van der Waals surface area (Å²) in [6.45, 7) is -0.169. The van der Waals surface area contributed by atoms with E-state index in [-0.39, 0.29) is 25.1 Å². The predicted molar refractivity (Wildman–Crippen MR) is 120 cm³/mol. The van der Waals surface area contributed by atoms with Crippen LogP contribution in [0.2, 0.25) is 0 Å². The van der Waals surface area contributed by atoms with Crippen molar-refractivity contribution in [1.82, 2.24) is 9.62 Å². The van der Waals surface area contributed by atoms with Gasteiger partial charge in [0.1, 0.15) is 6.42 Å². The number of alkyl halides is 6. The van der Waals surface area contributed by atoms with Crippen LogP contribution in [0.25, 0.3) is 5.57 Å². The Bertz CT molecular complexity index is 1070. The second kappa shape index (κ2) is 11.1. The van der Waals surface area contributed by atoms with Crippen molar-refractivity contribution < 1.29 is 44.3 Å². The van der Waals surface area contributed by atoms with E-state index in [1.165, 1.54) is 18.2 Å². The number of benzene rings is 1. The molecule has 0 aromatic heterocycles. The van der Waals surface area contributed by atoms with Crippen molar-refractivity contribution >= 4 is 21.5 Å². The van der Waals surface area contributed by atoms with Gasteiger partial charge >= 0.3 is 12.4 Å².